The molecular formula is C23H23F3N8O. The Morgan fingerprint density at radius 3 is 2.51 bits per heavy atom. The van der Waals surface area contributed by atoms with Gasteiger partial charge in [0.1, 0.15) is 5.82 Å². The van der Waals surface area contributed by atoms with Gasteiger partial charge < -0.3 is 10.0 Å². The van der Waals surface area contributed by atoms with E-state index in [-0.39, 0.29) is 23.2 Å². The minimum absolute atomic E-state index is 0.113. The molecule has 1 unspecified atom stereocenters. The molecule has 3 aromatic rings. The molecule has 2 aliphatic rings. The van der Waals surface area contributed by atoms with Gasteiger partial charge in [-0.15, -0.1) is 21.8 Å². The number of nitrogens with zero attached hydrogens (tertiary/aromatic N) is 8. The predicted octanol–water partition coefficient (Wildman–Crippen LogP) is 3.30. The summed E-state index contributed by atoms with van der Waals surface area (Å²) in [5, 5.41) is 25.2. The Hall–Kier alpha value is -3.59. The van der Waals surface area contributed by atoms with E-state index in [0.29, 0.717) is 42.3 Å². The molecule has 1 atom stereocenters. The first-order valence-electron chi connectivity index (χ1n) is 11.1. The van der Waals surface area contributed by atoms with Gasteiger partial charge in [0.05, 0.1) is 12.6 Å². The summed E-state index contributed by atoms with van der Waals surface area (Å²) in [6, 6.07) is 4.35. The Kier molecular flexibility index (Phi) is 5.10. The van der Waals surface area contributed by atoms with Crippen molar-refractivity contribution in [1.29, 1.82) is 0 Å². The van der Waals surface area contributed by atoms with Crippen LogP contribution in [0.25, 0.3) is 11.2 Å². The SMILES string of the molecule is C#Cc1cccc(C2(C(F)(F)F)N=N2)c1Cn1nnc2c(N3CCC(O)C3)nc(C(C)(C)C)nc21. The molecule has 1 aromatic carbocycles. The van der Waals surface area contributed by atoms with Gasteiger partial charge in [-0.25, -0.2) is 14.6 Å². The van der Waals surface area contributed by atoms with E-state index < -0.39 is 23.4 Å². The monoisotopic (exact) mass is 484 g/mol. The molecule has 182 valence electrons. The second-order valence-electron chi connectivity index (χ2n) is 9.77. The molecule has 2 aromatic heterocycles. The number of β-amino-alcohol motifs (C(OH)–C–C–N with tert-alkyl or cyclic N) is 1. The third kappa shape index (κ3) is 3.80. The quantitative estimate of drug-likeness (QED) is 0.570. The van der Waals surface area contributed by atoms with Gasteiger partial charge in [0.25, 0.3) is 0 Å². The lowest BCUT2D eigenvalue weighted by Crippen LogP contribution is -2.32. The van der Waals surface area contributed by atoms with Gasteiger partial charge in [-0.2, -0.15) is 13.2 Å². The van der Waals surface area contributed by atoms with Gasteiger partial charge in [0.15, 0.2) is 17.0 Å². The zero-order chi connectivity index (χ0) is 25.2. The summed E-state index contributed by atoms with van der Waals surface area (Å²) in [6.07, 6.45) is 1.05. The van der Waals surface area contributed by atoms with Crippen LogP contribution >= 0.6 is 0 Å². The van der Waals surface area contributed by atoms with E-state index in [0.717, 1.165) is 0 Å². The van der Waals surface area contributed by atoms with Crippen LogP contribution in [0.1, 0.15) is 49.7 Å². The van der Waals surface area contributed by atoms with Crippen molar-refractivity contribution in [3.05, 3.63) is 40.7 Å². The zero-order valence-corrected chi connectivity index (χ0v) is 19.4. The first kappa shape index (κ1) is 23.2. The molecule has 1 saturated heterocycles. The molecule has 1 fully saturated rings. The first-order chi connectivity index (χ1) is 16.4. The molecule has 0 bridgehead atoms. The van der Waals surface area contributed by atoms with Crippen LogP contribution in [-0.2, 0) is 17.6 Å². The Bertz CT molecular complexity index is 1380. The number of aromatic nitrogens is 5. The van der Waals surface area contributed by atoms with Crippen LogP contribution in [-0.4, -0.2) is 55.4 Å². The molecular weight excluding hydrogens is 461 g/mol. The number of terminal acetylenes is 1. The largest absolute Gasteiger partial charge is 0.442 e. The van der Waals surface area contributed by atoms with Gasteiger partial charge >= 0.3 is 11.8 Å². The number of alkyl halides is 3. The maximum absolute atomic E-state index is 13.8. The summed E-state index contributed by atoms with van der Waals surface area (Å²) in [7, 11) is 0. The number of halogens is 3. The Morgan fingerprint density at radius 2 is 1.94 bits per heavy atom. The molecule has 9 nitrogen and oxygen atoms in total. The second-order valence-corrected chi connectivity index (χ2v) is 9.77. The molecule has 4 heterocycles. The number of hydrogen-bond donors (Lipinski definition) is 1. The van der Waals surface area contributed by atoms with Crippen molar-refractivity contribution < 1.29 is 18.3 Å². The lowest BCUT2D eigenvalue weighted by molar-refractivity contribution is -0.166. The number of hydrogen-bond acceptors (Lipinski definition) is 8. The van der Waals surface area contributed by atoms with E-state index in [1.54, 1.807) is 6.07 Å². The fourth-order valence-electron chi connectivity index (χ4n) is 4.23. The van der Waals surface area contributed by atoms with Crippen LogP contribution in [0, 0.1) is 12.3 Å². The standard InChI is InChI=1S/C23H23F3N8O/c1-5-13-7-6-8-16(22(30-31-22)23(24,25)26)15(13)12-34-19-17(29-32-34)18(33-10-9-14(35)11-33)27-20(28-19)21(2,3)4/h1,6-8,14,35H,9-12H2,2-4H3. The Morgan fingerprint density at radius 1 is 1.20 bits per heavy atom. The van der Waals surface area contributed by atoms with Crippen LogP contribution in [0.2, 0.25) is 0 Å². The lowest BCUT2D eigenvalue weighted by Gasteiger charge is -2.22. The third-order valence-electron chi connectivity index (χ3n) is 6.19. The first-order valence-corrected chi connectivity index (χ1v) is 11.1. The molecule has 0 aliphatic carbocycles. The number of rotatable bonds is 4. The normalized spacial score (nSPS) is 19.4. The molecule has 0 saturated carbocycles. The number of anilines is 1. The van der Waals surface area contributed by atoms with E-state index >= 15 is 0 Å². The molecule has 0 spiro atoms. The van der Waals surface area contributed by atoms with Gasteiger partial charge in [0.2, 0.25) is 0 Å². The van der Waals surface area contributed by atoms with Gasteiger partial charge in [0, 0.05) is 29.6 Å². The van der Waals surface area contributed by atoms with E-state index in [1.165, 1.54) is 16.8 Å². The molecule has 1 N–H and O–H groups in total. The second kappa shape index (κ2) is 7.71. The van der Waals surface area contributed by atoms with Crippen molar-refractivity contribution in [2.75, 3.05) is 18.0 Å². The Labute approximate surface area is 199 Å². The lowest BCUT2D eigenvalue weighted by atomic mass is 9.93. The number of aliphatic hydroxyl groups is 1. The average Bonchev–Trinajstić information content (AvgIpc) is 3.36. The van der Waals surface area contributed by atoms with Gasteiger partial charge in [-0.3, -0.25) is 0 Å². The van der Waals surface area contributed by atoms with Crippen LogP contribution in [0.4, 0.5) is 19.0 Å². The topological polar surface area (TPSA) is 105 Å². The summed E-state index contributed by atoms with van der Waals surface area (Å²) in [4.78, 5) is 11.3. The molecule has 5 rings (SSSR count). The predicted molar refractivity (Wildman–Crippen MR) is 121 cm³/mol. The van der Waals surface area contributed by atoms with Crippen molar-refractivity contribution >= 4 is 17.0 Å². The van der Waals surface area contributed by atoms with Gasteiger partial charge in [-0.05, 0) is 18.1 Å². The van der Waals surface area contributed by atoms with Crippen LogP contribution < -0.4 is 4.90 Å². The van der Waals surface area contributed by atoms with Crippen molar-refractivity contribution in [3.8, 4) is 12.3 Å². The highest BCUT2D eigenvalue weighted by Crippen LogP contribution is 2.53. The molecule has 2 aliphatic heterocycles. The van der Waals surface area contributed by atoms with E-state index in [4.69, 9.17) is 11.4 Å². The van der Waals surface area contributed by atoms with Crippen LogP contribution in [0.15, 0.2) is 28.4 Å². The third-order valence-corrected chi connectivity index (χ3v) is 6.19. The van der Waals surface area contributed by atoms with Crippen molar-refractivity contribution in [3.63, 3.8) is 0 Å². The summed E-state index contributed by atoms with van der Waals surface area (Å²) in [6.45, 7) is 6.74. The molecule has 0 radical (unpaired) electrons. The minimum Gasteiger partial charge on any atom is -0.391 e. The highest BCUT2D eigenvalue weighted by molar-refractivity contribution is 5.83. The van der Waals surface area contributed by atoms with Crippen LogP contribution in [0.3, 0.4) is 0 Å². The van der Waals surface area contributed by atoms with Crippen molar-refractivity contribution in [2.24, 2.45) is 10.2 Å². The Balaban J connectivity index is 1.66. The van der Waals surface area contributed by atoms with E-state index in [2.05, 4.69) is 31.4 Å². The van der Waals surface area contributed by atoms with Crippen molar-refractivity contribution in [2.45, 2.75) is 57.1 Å². The van der Waals surface area contributed by atoms with Crippen molar-refractivity contribution in [1.82, 2.24) is 25.0 Å². The maximum Gasteiger partial charge on any atom is 0.442 e. The fraction of sp³-hybridized carbons (Fsp3) is 0.478. The minimum atomic E-state index is -4.70. The summed E-state index contributed by atoms with van der Waals surface area (Å²) >= 11 is 0. The molecule has 0 amide bonds. The highest BCUT2D eigenvalue weighted by atomic mass is 19.4. The highest BCUT2D eigenvalue weighted by Gasteiger charge is 2.66. The average molecular weight is 484 g/mol. The van der Waals surface area contributed by atoms with Crippen LogP contribution in [0.5, 0.6) is 0 Å². The van der Waals surface area contributed by atoms with E-state index in [9.17, 15) is 18.3 Å². The summed E-state index contributed by atoms with van der Waals surface area (Å²) < 4.78 is 43.0. The number of fused-ring (bicyclic) bond motifs is 1. The van der Waals surface area contributed by atoms with Gasteiger partial charge in [-0.1, -0.05) is 44.0 Å². The zero-order valence-electron chi connectivity index (χ0n) is 19.4. The number of benzene rings is 1. The molecule has 12 heteroatoms. The number of aliphatic hydroxyl groups excluding tert-OH is 1. The summed E-state index contributed by atoms with van der Waals surface area (Å²) in [5.41, 5.74) is -1.93. The maximum atomic E-state index is 13.8. The fourth-order valence-corrected chi connectivity index (χ4v) is 4.23. The smallest absolute Gasteiger partial charge is 0.391 e. The molecule has 35 heavy (non-hydrogen) atoms. The van der Waals surface area contributed by atoms with E-state index in [1.807, 2.05) is 25.7 Å². The summed E-state index contributed by atoms with van der Waals surface area (Å²) in [5.74, 6) is 3.52.